The highest BCUT2D eigenvalue weighted by Crippen LogP contribution is 2.48. The van der Waals surface area contributed by atoms with Gasteiger partial charge in [0.05, 0.1) is 29.5 Å². The molecular formula is C62H66O5P2Si2. The maximum Gasteiger partial charge on any atom is 0.261 e. The lowest BCUT2D eigenvalue weighted by molar-refractivity contribution is -0.0292. The van der Waals surface area contributed by atoms with Gasteiger partial charge in [0.1, 0.15) is 24.4 Å². The van der Waals surface area contributed by atoms with E-state index in [1.165, 1.54) is 20.7 Å². The fraction of sp³-hybridized carbons (Fsp3) is 0.226. The summed E-state index contributed by atoms with van der Waals surface area (Å²) in [6.45, 7) is 14.5. The van der Waals surface area contributed by atoms with Crippen molar-refractivity contribution in [2.45, 2.75) is 76.0 Å². The molecule has 1 heterocycles. The van der Waals surface area contributed by atoms with E-state index in [0.29, 0.717) is 0 Å². The second-order valence-corrected chi connectivity index (χ2v) is 32.5. The van der Waals surface area contributed by atoms with Crippen molar-refractivity contribution in [2.24, 2.45) is 0 Å². The van der Waals surface area contributed by atoms with E-state index in [0.717, 1.165) is 21.2 Å². The van der Waals surface area contributed by atoms with Crippen LogP contribution in [0.4, 0.5) is 0 Å². The number of hydrogen-bond acceptors (Lipinski definition) is 5. The second kappa shape index (κ2) is 22.7. The number of benzene rings is 8. The van der Waals surface area contributed by atoms with E-state index in [-0.39, 0.29) is 23.3 Å². The van der Waals surface area contributed by atoms with E-state index in [1.807, 2.05) is 0 Å². The van der Waals surface area contributed by atoms with E-state index >= 15 is 0 Å². The summed E-state index contributed by atoms with van der Waals surface area (Å²) >= 11 is 0. The molecule has 71 heavy (non-hydrogen) atoms. The molecule has 9 heteroatoms. The Hall–Kier alpha value is -5.15. The van der Waals surface area contributed by atoms with Crippen LogP contribution in [0.3, 0.4) is 0 Å². The monoisotopic (exact) mass is 1010 g/mol. The molecule has 0 amide bonds. The summed E-state index contributed by atoms with van der Waals surface area (Å²) < 4.78 is 39.1. The Bertz CT molecular complexity index is 2480. The number of ether oxygens (including phenoxy) is 1. The van der Waals surface area contributed by atoms with Crippen molar-refractivity contribution in [1.29, 1.82) is 0 Å². The first-order chi connectivity index (χ1) is 34.5. The van der Waals surface area contributed by atoms with Crippen molar-refractivity contribution >= 4 is 74.9 Å². The molecule has 4 atom stereocenters. The molecule has 1 saturated heterocycles. The Kier molecular flexibility index (Phi) is 16.3. The molecule has 1 aliphatic heterocycles. The molecule has 0 aliphatic carbocycles. The molecule has 0 unspecified atom stereocenters. The molecule has 0 radical (unpaired) electrons. The smallest absolute Gasteiger partial charge is 0.261 e. The van der Waals surface area contributed by atoms with Crippen LogP contribution in [0.15, 0.2) is 243 Å². The van der Waals surface area contributed by atoms with Gasteiger partial charge in [-0.05, 0) is 30.8 Å². The molecule has 8 aromatic rings. The molecule has 1 fully saturated rings. The third-order valence-corrected chi connectivity index (χ3v) is 27.6. The van der Waals surface area contributed by atoms with Crippen molar-refractivity contribution in [3.05, 3.63) is 243 Å². The highest BCUT2D eigenvalue weighted by atomic mass is 31.1. The Labute approximate surface area is 427 Å². The van der Waals surface area contributed by atoms with Gasteiger partial charge in [0, 0.05) is 21.2 Å². The van der Waals surface area contributed by atoms with Gasteiger partial charge in [-0.25, -0.2) is 0 Å². The Balaban J connectivity index is 1.22. The van der Waals surface area contributed by atoms with E-state index in [9.17, 15) is 0 Å². The highest BCUT2D eigenvalue weighted by Gasteiger charge is 2.56. The maximum absolute atomic E-state index is 7.86. The molecule has 5 nitrogen and oxygen atoms in total. The van der Waals surface area contributed by atoms with Crippen molar-refractivity contribution < 1.29 is 22.6 Å². The lowest BCUT2D eigenvalue weighted by Crippen LogP contribution is -2.67. The quantitative estimate of drug-likeness (QED) is 0.0633. The fourth-order valence-electron chi connectivity index (χ4n) is 10.3. The molecular weight excluding hydrogens is 943 g/mol. The minimum atomic E-state index is -3.05. The van der Waals surface area contributed by atoms with Crippen LogP contribution in [-0.4, -0.2) is 54.3 Å². The zero-order chi connectivity index (χ0) is 49.3. The molecule has 362 valence electrons. The van der Waals surface area contributed by atoms with Gasteiger partial charge in [0.2, 0.25) is 0 Å². The Morgan fingerprint density at radius 1 is 0.338 bits per heavy atom. The van der Waals surface area contributed by atoms with E-state index in [4.69, 9.17) is 22.6 Å². The summed E-state index contributed by atoms with van der Waals surface area (Å²) in [5.41, 5.74) is 0. The summed E-state index contributed by atoms with van der Waals surface area (Å²) in [6.07, 6.45) is -2.25. The summed E-state index contributed by atoms with van der Waals surface area (Å²) in [5.74, 6) is 0. The summed E-state index contributed by atoms with van der Waals surface area (Å²) in [4.78, 5) is 0. The average Bonchev–Trinajstić information content (AvgIpc) is 3.73. The molecule has 0 saturated carbocycles. The van der Waals surface area contributed by atoms with Crippen LogP contribution in [0.2, 0.25) is 10.1 Å². The van der Waals surface area contributed by atoms with Crippen LogP contribution in [0, 0.1) is 0 Å². The third-order valence-electron chi connectivity index (χ3n) is 13.6. The highest BCUT2D eigenvalue weighted by molar-refractivity contribution is 7.69. The largest absolute Gasteiger partial charge is 0.405 e. The Morgan fingerprint density at radius 3 is 0.761 bits per heavy atom. The van der Waals surface area contributed by atoms with Crippen molar-refractivity contribution in [2.75, 3.05) is 13.2 Å². The van der Waals surface area contributed by atoms with Crippen molar-refractivity contribution in [1.82, 2.24) is 0 Å². The minimum absolute atomic E-state index is 0.262. The normalized spacial score (nSPS) is 17.7. The van der Waals surface area contributed by atoms with Crippen LogP contribution < -0.4 is 42.0 Å². The van der Waals surface area contributed by atoms with Gasteiger partial charge in [-0.1, -0.05) is 284 Å². The van der Waals surface area contributed by atoms with Gasteiger partial charge in [0.25, 0.3) is 16.6 Å². The first-order valence-corrected chi connectivity index (χ1v) is 31.1. The van der Waals surface area contributed by atoms with E-state index in [1.54, 1.807) is 0 Å². The summed E-state index contributed by atoms with van der Waals surface area (Å²) in [6, 6.07) is 86.0. The number of hydrogen-bond donors (Lipinski definition) is 0. The van der Waals surface area contributed by atoms with Gasteiger partial charge in [-0.2, -0.15) is 0 Å². The second-order valence-electron chi connectivity index (χ2n) is 20.2. The average molecular weight is 1010 g/mol. The van der Waals surface area contributed by atoms with Gasteiger partial charge in [-0.15, -0.1) is 0 Å². The van der Waals surface area contributed by atoms with Crippen molar-refractivity contribution in [3.8, 4) is 0 Å². The standard InChI is InChI=1S/C62H66O5P2Si2/c1-61(2,3)70(53-39-23-11-24-40-53,54-41-25-12-26-42-54)63-47-57-59(66-68(49-31-15-7-16-32-49)50-33-17-8-18-34-50)60(67-69(51-35-19-9-20-36-51)52-37-21-10-22-38-52)58(65-57)48-64-71(62(4,5)6,55-43-27-13-28-44-55)56-45-29-14-30-46-56/h7-46,57-60H,47-48H2,1-6H3/t57-,58-,59+,60+/m0/s1. The fourth-order valence-corrected chi connectivity index (χ4v) is 23.3. The topological polar surface area (TPSA) is 46.2 Å². The summed E-state index contributed by atoms with van der Waals surface area (Å²) in [5, 5.41) is 8.76. The zero-order valence-corrected chi connectivity index (χ0v) is 45.5. The van der Waals surface area contributed by atoms with Crippen LogP contribution in [0.1, 0.15) is 41.5 Å². The van der Waals surface area contributed by atoms with Crippen LogP contribution in [0.25, 0.3) is 0 Å². The molecule has 9 rings (SSSR count). The van der Waals surface area contributed by atoms with Gasteiger partial charge in [0.15, 0.2) is 0 Å². The van der Waals surface area contributed by atoms with Gasteiger partial charge in [-0.3, -0.25) is 0 Å². The van der Waals surface area contributed by atoms with Crippen LogP contribution in [-0.2, 0) is 22.6 Å². The first-order valence-electron chi connectivity index (χ1n) is 24.8. The third kappa shape index (κ3) is 11.0. The van der Waals surface area contributed by atoms with E-state index in [2.05, 4.69) is 284 Å². The first kappa shape index (κ1) is 50.8. The molecule has 0 N–H and O–H groups in total. The molecule has 8 aromatic carbocycles. The molecule has 0 bridgehead atoms. The zero-order valence-electron chi connectivity index (χ0n) is 41.8. The summed E-state index contributed by atoms with van der Waals surface area (Å²) in [7, 11) is -8.83. The molecule has 0 aromatic heterocycles. The SMILES string of the molecule is CC(C)(C)[Si](OC[C@@H]1O[C@@H](CO[Si](c2ccccc2)(c2ccccc2)C(C)(C)C)[C@@H](OP(c2ccccc2)c2ccccc2)[C@@H]1OP(c1ccccc1)c1ccccc1)(c1ccccc1)c1ccccc1. The lowest BCUT2D eigenvalue weighted by Gasteiger charge is -2.44. The predicted octanol–water partition coefficient (Wildman–Crippen LogP) is 10.8. The van der Waals surface area contributed by atoms with Crippen LogP contribution in [0.5, 0.6) is 0 Å². The van der Waals surface area contributed by atoms with E-state index < -0.39 is 57.3 Å². The van der Waals surface area contributed by atoms with Gasteiger partial charge >= 0.3 is 0 Å². The molecule has 1 aliphatic rings. The van der Waals surface area contributed by atoms with Crippen LogP contribution >= 0.6 is 16.3 Å². The maximum atomic E-state index is 7.86. The van der Waals surface area contributed by atoms with Crippen molar-refractivity contribution in [3.63, 3.8) is 0 Å². The molecule has 0 spiro atoms. The lowest BCUT2D eigenvalue weighted by atomic mass is 10.1. The predicted molar refractivity (Wildman–Crippen MR) is 304 cm³/mol. The Morgan fingerprint density at radius 2 is 0.549 bits per heavy atom. The van der Waals surface area contributed by atoms with Gasteiger partial charge < -0.3 is 22.6 Å². The number of rotatable bonds is 18. The minimum Gasteiger partial charge on any atom is -0.405 e.